The highest BCUT2D eigenvalue weighted by Gasteiger charge is 2.16. The monoisotopic (exact) mass is 339 g/mol. The molecule has 1 aliphatic rings. The number of carbonyl (C=O) groups excluding carboxylic acids is 1. The van der Waals surface area contributed by atoms with Gasteiger partial charge in [0.2, 0.25) is 0 Å². The predicted octanol–water partition coefficient (Wildman–Crippen LogP) is 3.33. The number of pyridine rings is 1. The Balaban J connectivity index is 1.58. The van der Waals surface area contributed by atoms with Crippen LogP contribution < -0.4 is 5.32 Å². The Morgan fingerprint density at radius 2 is 2.12 bits per heavy atom. The molecule has 1 aromatic heterocycles. The first-order chi connectivity index (χ1) is 12.3. The van der Waals surface area contributed by atoms with Gasteiger partial charge in [-0.2, -0.15) is 0 Å². The number of nitrogens with one attached hydrogen (secondary N) is 1. The quantitative estimate of drug-likeness (QED) is 0.841. The molecule has 1 N–H and O–H groups in total. The average Bonchev–Trinajstić information content (AvgIpc) is 3.19. The van der Waals surface area contributed by atoms with E-state index in [0.717, 1.165) is 37.4 Å². The van der Waals surface area contributed by atoms with Gasteiger partial charge in [0, 0.05) is 32.4 Å². The van der Waals surface area contributed by atoms with Gasteiger partial charge in [-0.3, -0.25) is 4.79 Å². The van der Waals surface area contributed by atoms with Crippen LogP contribution in [0.15, 0.2) is 48.7 Å². The molecular formula is C20H25N3O2. The zero-order chi connectivity index (χ0) is 17.5. The normalized spacial score (nSPS) is 16.6. The molecule has 0 spiro atoms. The van der Waals surface area contributed by atoms with Gasteiger partial charge in [-0.25, -0.2) is 4.98 Å². The van der Waals surface area contributed by atoms with E-state index in [4.69, 9.17) is 4.74 Å². The Morgan fingerprint density at radius 3 is 2.76 bits per heavy atom. The van der Waals surface area contributed by atoms with Crippen molar-refractivity contribution in [1.82, 2.24) is 9.88 Å². The number of hydrogen-bond acceptors (Lipinski definition) is 4. The van der Waals surface area contributed by atoms with Gasteiger partial charge in [-0.05, 0) is 37.5 Å². The third-order valence-electron chi connectivity index (χ3n) is 4.43. The van der Waals surface area contributed by atoms with Gasteiger partial charge >= 0.3 is 0 Å². The van der Waals surface area contributed by atoms with E-state index >= 15 is 0 Å². The van der Waals surface area contributed by atoms with Crippen molar-refractivity contribution in [2.45, 2.75) is 32.4 Å². The SMILES string of the molecule is CCN(Cc1ccccc1)C(=O)c1ccc(NCC2CCCO2)nc1. The number of amides is 1. The molecule has 0 saturated carbocycles. The van der Waals surface area contributed by atoms with Crippen molar-refractivity contribution in [3.05, 3.63) is 59.8 Å². The molecule has 25 heavy (non-hydrogen) atoms. The molecule has 1 saturated heterocycles. The second-order valence-electron chi connectivity index (χ2n) is 6.25. The van der Waals surface area contributed by atoms with E-state index in [-0.39, 0.29) is 12.0 Å². The third kappa shape index (κ3) is 4.79. The minimum Gasteiger partial charge on any atom is -0.376 e. The van der Waals surface area contributed by atoms with E-state index in [9.17, 15) is 4.79 Å². The minimum absolute atomic E-state index is 0.00419. The summed E-state index contributed by atoms with van der Waals surface area (Å²) in [6.07, 6.45) is 4.13. The molecule has 0 radical (unpaired) electrons. The summed E-state index contributed by atoms with van der Waals surface area (Å²) in [6, 6.07) is 13.7. The summed E-state index contributed by atoms with van der Waals surface area (Å²) in [5, 5.41) is 3.27. The van der Waals surface area contributed by atoms with Crippen LogP contribution in [0.4, 0.5) is 5.82 Å². The first-order valence-corrected chi connectivity index (χ1v) is 8.91. The maximum absolute atomic E-state index is 12.7. The number of aromatic nitrogens is 1. The van der Waals surface area contributed by atoms with Crippen LogP contribution in [0.5, 0.6) is 0 Å². The van der Waals surface area contributed by atoms with Gasteiger partial charge in [0.05, 0.1) is 11.7 Å². The standard InChI is InChI=1S/C20H25N3O2/c1-2-23(15-16-7-4-3-5-8-16)20(24)17-10-11-19(21-13-17)22-14-18-9-6-12-25-18/h3-5,7-8,10-11,13,18H,2,6,9,12,14-15H2,1H3,(H,21,22). The first kappa shape index (κ1) is 17.4. The number of hydrogen-bond donors (Lipinski definition) is 1. The van der Waals surface area contributed by atoms with Crippen LogP contribution in [0.3, 0.4) is 0 Å². The molecule has 5 nitrogen and oxygen atoms in total. The van der Waals surface area contributed by atoms with Crippen molar-refractivity contribution < 1.29 is 9.53 Å². The molecule has 0 aliphatic carbocycles. The Labute approximate surface area is 149 Å². The first-order valence-electron chi connectivity index (χ1n) is 8.91. The average molecular weight is 339 g/mol. The Hall–Kier alpha value is -2.40. The predicted molar refractivity (Wildman–Crippen MR) is 98.6 cm³/mol. The Bertz CT molecular complexity index is 667. The van der Waals surface area contributed by atoms with Gasteiger partial charge < -0.3 is 15.0 Å². The number of anilines is 1. The summed E-state index contributed by atoms with van der Waals surface area (Å²) in [5.74, 6) is 0.780. The molecule has 1 aromatic carbocycles. The van der Waals surface area contributed by atoms with Crippen LogP contribution in [-0.2, 0) is 11.3 Å². The fraction of sp³-hybridized carbons (Fsp3) is 0.400. The lowest BCUT2D eigenvalue weighted by atomic mass is 10.2. The molecule has 1 amide bonds. The lowest BCUT2D eigenvalue weighted by Gasteiger charge is -2.21. The second-order valence-corrected chi connectivity index (χ2v) is 6.25. The molecule has 2 aromatic rings. The summed E-state index contributed by atoms with van der Waals surface area (Å²) in [4.78, 5) is 18.9. The summed E-state index contributed by atoms with van der Waals surface area (Å²) < 4.78 is 5.59. The molecule has 1 fully saturated rings. The van der Waals surface area contributed by atoms with Gasteiger partial charge in [0.25, 0.3) is 5.91 Å². The lowest BCUT2D eigenvalue weighted by Crippen LogP contribution is -2.30. The highest BCUT2D eigenvalue weighted by Crippen LogP contribution is 2.14. The summed E-state index contributed by atoms with van der Waals surface area (Å²) >= 11 is 0. The van der Waals surface area contributed by atoms with Crippen LogP contribution in [0.25, 0.3) is 0 Å². The van der Waals surface area contributed by atoms with Gasteiger partial charge in [0.1, 0.15) is 5.82 Å². The zero-order valence-electron chi connectivity index (χ0n) is 14.6. The van der Waals surface area contributed by atoms with E-state index in [1.54, 1.807) is 6.20 Å². The van der Waals surface area contributed by atoms with Crippen molar-refractivity contribution in [2.24, 2.45) is 0 Å². The van der Waals surface area contributed by atoms with Crippen molar-refractivity contribution in [3.63, 3.8) is 0 Å². The van der Waals surface area contributed by atoms with Crippen LogP contribution in [-0.4, -0.2) is 41.6 Å². The van der Waals surface area contributed by atoms with Crippen LogP contribution in [0.2, 0.25) is 0 Å². The number of carbonyl (C=O) groups is 1. The molecule has 2 heterocycles. The molecule has 3 rings (SSSR count). The lowest BCUT2D eigenvalue weighted by molar-refractivity contribution is 0.0752. The summed E-state index contributed by atoms with van der Waals surface area (Å²) in [5.41, 5.74) is 1.74. The van der Waals surface area contributed by atoms with Crippen molar-refractivity contribution in [2.75, 3.05) is 25.0 Å². The number of benzene rings is 1. The zero-order valence-corrected chi connectivity index (χ0v) is 14.6. The molecule has 1 atom stereocenters. The molecule has 1 aliphatic heterocycles. The molecule has 5 heteroatoms. The number of ether oxygens (including phenoxy) is 1. The number of rotatable bonds is 7. The maximum atomic E-state index is 12.7. The largest absolute Gasteiger partial charge is 0.376 e. The van der Waals surface area contributed by atoms with Crippen LogP contribution in [0.1, 0.15) is 35.7 Å². The third-order valence-corrected chi connectivity index (χ3v) is 4.43. The van der Waals surface area contributed by atoms with Gasteiger partial charge in [-0.1, -0.05) is 30.3 Å². The van der Waals surface area contributed by atoms with E-state index in [1.165, 1.54) is 0 Å². The van der Waals surface area contributed by atoms with Gasteiger partial charge in [-0.15, -0.1) is 0 Å². The molecule has 0 bridgehead atoms. The van der Waals surface area contributed by atoms with E-state index in [0.29, 0.717) is 18.7 Å². The van der Waals surface area contributed by atoms with Crippen molar-refractivity contribution >= 4 is 11.7 Å². The van der Waals surface area contributed by atoms with Crippen molar-refractivity contribution in [1.29, 1.82) is 0 Å². The maximum Gasteiger partial charge on any atom is 0.255 e. The fourth-order valence-electron chi connectivity index (χ4n) is 2.96. The minimum atomic E-state index is 0.00419. The Morgan fingerprint density at radius 1 is 1.28 bits per heavy atom. The topological polar surface area (TPSA) is 54.5 Å². The smallest absolute Gasteiger partial charge is 0.255 e. The molecule has 132 valence electrons. The molecule has 1 unspecified atom stereocenters. The highest BCUT2D eigenvalue weighted by molar-refractivity contribution is 5.94. The van der Waals surface area contributed by atoms with Crippen molar-refractivity contribution in [3.8, 4) is 0 Å². The van der Waals surface area contributed by atoms with Gasteiger partial charge in [0.15, 0.2) is 0 Å². The fourth-order valence-corrected chi connectivity index (χ4v) is 2.96. The number of nitrogens with zero attached hydrogens (tertiary/aromatic N) is 2. The highest BCUT2D eigenvalue weighted by atomic mass is 16.5. The summed E-state index contributed by atoms with van der Waals surface area (Å²) in [6.45, 7) is 4.87. The summed E-state index contributed by atoms with van der Waals surface area (Å²) in [7, 11) is 0. The second kappa shape index (κ2) is 8.62. The van der Waals surface area contributed by atoms with E-state index in [2.05, 4.69) is 10.3 Å². The Kier molecular flexibility index (Phi) is 6.01. The van der Waals surface area contributed by atoms with E-state index < -0.39 is 0 Å². The van der Waals surface area contributed by atoms with E-state index in [1.807, 2.05) is 54.3 Å². The van der Waals surface area contributed by atoms with Crippen LogP contribution >= 0.6 is 0 Å². The van der Waals surface area contributed by atoms with Crippen LogP contribution in [0, 0.1) is 0 Å². The molecular weight excluding hydrogens is 314 g/mol.